The Morgan fingerprint density at radius 1 is 1.03 bits per heavy atom. The molecular formula is C23H21N3O3. The molecule has 29 heavy (non-hydrogen) atoms. The van der Waals surface area contributed by atoms with Gasteiger partial charge in [-0.05, 0) is 66.1 Å². The molecule has 0 saturated heterocycles. The Balaban J connectivity index is 1.59. The Hall–Kier alpha value is -3.82. The maximum absolute atomic E-state index is 12.2. The number of urea groups is 1. The van der Waals surface area contributed by atoms with Crippen LogP contribution >= 0.6 is 0 Å². The molecule has 0 radical (unpaired) electrons. The SMILES string of the molecule is Cc1cc(Oc2ccc(C#N)cc2)ccc1NC(=O)NCc1ccccc1CO. The Morgan fingerprint density at radius 3 is 2.38 bits per heavy atom. The van der Waals surface area contributed by atoms with Crippen molar-refractivity contribution in [3.05, 3.63) is 89.0 Å². The third-order valence-electron chi connectivity index (χ3n) is 4.39. The molecule has 3 N–H and O–H groups in total. The molecule has 3 aromatic carbocycles. The van der Waals surface area contributed by atoms with Gasteiger partial charge in [-0.1, -0.05) is 24.3 Å². The first-order valence-corrected chi connectivity index (χ1v) is 9.10. The number of hydrogen-bond acceptors (Lipinski definition) is 4. The van der Waals surface area contributed by atoms with E-state index < -0.39 is 0 Å². The molecule has 0 bridgehead atoms. The summed E-state index contributed by atoms with van der Waals surface area (Å²) in [5, 5.41) is 23.8. The third kappa shape index (κ3) is 5.34. The predicted molar refractivity (Wildman–Crippen MR) is 111 cm³/mol. The standard InChI is InChI=1S/C23H21N3O3/c1-16-12-21(29-20-8-6-17(13-24)7-9-20)10-11-22(16)26-23(28)25-14-18-4-2-3-5-19(18)15-27/h2-12,27H,14-15H2,1H3,(H2,25,26,28). The topological polar surface area (TPSA) is 94.4 Å². The first kappa shape index (κ1) is 19.9. The highest BCUT2D eigenvalue weighted by Gasteiger charge is 2.08. The van der Waals surface area contributed by atoms with Gasteiger partial charge in [-0.15, -0.1) is 0 Å². The van der Waals surface area contributed by atoms with E-state index in [0.717, 1.165) is 16.7 Å². The number of benzene rings is 3. The smallest absolute Gasteiger partial charge is 0.319 e. The van der Waals surface area contributed by atoms with E-state index in [0.29, 0.717) is 29.3 Å². The Kier molecular flexibility index (Phi) is 6.46. The van der Waals surface area contributed by atoms with E-state index in [1.807, 2.05) is 37.3 Å². The molecule has 0 fully saturated rings. The zero-order valence-corrected chi connectivity index (χ0v) is 16.0. The third-order valence-corrected chi connectivity index (χ3v) is 4.39. The van der Waals surface area contributed by atoms with Crippen molar-refractivity contribution in [2.45, 2.75) is 20.1 Å². The van der Waals surface area contributed by atoms with E-state index in [1.165, 1.54) is 0 Å². The number of nitrogens with zero attached hydrogens (tertiary/aromatic N) is 1. The first-order valence-electron chi connectivity index (χ1n) is 9.10. The van der Waals surface area contributed by atoms with Crippen LogP contribution in [0.1, 0.15) is 22.3 Å². The Bertz CT molecular complexity index is 1040. The van der Waals surface area contributed by atoms with Crippen LogP contribution in [0.4, 0.5) is 10.5 Å². The summed E-state index contributed by atoms with van der Waals surface area (Å²) in [6, 6.07) is 21.4. The molecular weight excluding hydrogens is 366 g/mol. The number of hydrogen-bond donors (Lipinski definition) is 3. The molecule has 2 amide bonds. The van der Waals surface area contributed by atoms with Crippen molar-refractivity contribution in [3.8, 4) is 17.6 Å². The van der Waals surface area contributed by atoms with Gasteiger partial charge in [0.2, 0.25) is 0 Å². The number of aryl methyl sites for hydroxylation is 1. The van der Waals surface area contributed by atoms with Crippen molar-refractivity contribution in [2.24, 2.45) is 0 Å². The minimum absolute atomic E-state index is 0.0702. The summed E-state index contributed by atoms with van der Waals surface area (Å²) in [5.74, 6) is 1.26. The van der Waals surface area contributed by atoms with Crippen LogP contribution in [-0.2, 0) is 13.2 Å². The number of nitriles is 1. The highest BCUT2D eigenvalue weighted by Crippen LogP contribution is 2.26. The van der Waals surface area contributed by atoms with Gasteiger partial charge in [0.1, 0.15) is 11.5 Å². The van der Waals surface area contributed by atoms with E-state index in [1.54, 1.807) is 36.4 Å². The van der Waals surface area contributed by atoms with Crippen molar-refractivity contribution < 1.29 is 14.6 Å². The minimum Gasteiger partial charge on any atom is -0.457 e. The largest absolute Gasteiger partial charge is 0.457 e. The van der Waals surface area contributed by atoms with Gasteiger partial charge in [0.25, 0.3) is 0 Å². The summed E-state index contributed by atoms with van der Waals surface area (Å²) >= 11 is 0. The quantitative estimate of drug-likeness (QED) is 0.581. The van der Waals surface area contributed by atoms with Gasteiger partial charge in [-0.2, -0.15) is 5.26 Å². The van der Waals surface area contributed by atoms with E-state index in [4.69, 9.17) is 10.00 Å². The van der Waals surface area contributed by atoms with Crippen LogP contribution in [0, 0.1) is 18.3 Å². The molecule has 0 aromatic heterocycles. The molecule has 0 atom stereocenters. The van der Waals surface area contributed by atoms with Crippen LogP contribution in [0.25, 0.3) is 0 Å². The molecule has 6 heteroatoms. The molecule has 146 valence electrons. The Labute approximate surface area is 169 Å². The summed E-state index contributed by atoms with van der Waals surface area (Å²) in [5.41, 5.74) is 3.74. The fourth-order valence-corrected chi connectivity index (χ4v) is 2.80. The fraction of sp³-hybridized carbons (Fsp3) is 0.130. The molecule has 0 aliphatic heterocycles. The van der Waals surface area contributed by atoms with Gasteiger partial charge in [0.15, 0.2) is 0 Å². The van der Waals surface area contributed by atoms with Crippen LogP contribution in [0.2, 0.25) is 0 Å². The number of amides is 2. The molecule has 3 rings (SSSR count). The maximum atomic E-state index is 12.2. The number of ether oxygens (including phenoxy) is 1. The van der Waals surface area contributed by atoms with Crippen molar-refractivity contribution in [3.63, 3.8) is 0 Å². The van der Waals surface area contributed by atoms with Gasteiger partial charge in [0.05, 0.1) is 18.2 Å². The van der Waals surface area contributed by atoms with Gasteiger partial charge in [-0.25, -0.2) is 4.79 Å². The molecule has 0 aliphatic carbocycles. The average Bonchev–Trinajstić information content (AvgIpc) is 2.75. The number of rotatable bonds is 6. The second kappa shape index (κ2) is 9.40. The zero-order chi connectivity index (χ0) is 20.6. The van der Waals surface area contributed by atoms with Crippen molar-refractivity contribution in [1.29, 1.82) is 5.26 Å². The van der Waals surface area contributed by atoms with Crippen LogP contribution in [0.15, 0.2) is 66.7 Å². The van der Waals surface area contributed by atoms with E-state index in [9.17, 15) is 9.90 Å². The minimum atomic E-state index is -0.332. The Morgan fingerprint density at radius 2 is 1.72 bits per heavy atom. The molecule has 0 spiro atoms. The number of carbonyl (C=O) groups is 1. The first-order chi connectivity index (χ1) is 14.1. The summed E-state index contributed by atoms with van der Waals surface area (Å²) in [7, 11) is 0. The normalized spacial score (nSPS) is 10.1. The zero-order valence-electron chi connectivity index (χ0n) is 16.0. The number of aliphatic hydroxyl groups excluding tert-OH is 1. The number of aliphatic hydroxyl groups is 1. The molecule has 0 saturated carbocycles. The maximum Gasteiger partial charge on any atom is 0.319 e. The van der Waals surface area contributed by atoms with Gasteiger partial charge >= 0.3 is 6.03 Å². The van der Waals surface area contributed by atoms with Gasteiger partial charge < -0.3 is 20.5 Å². The van der Waals surface area contributed by atoms with Crippen molar-refractivity contribution in [2.75, 3.05) is 5.32 Å². The van der Waals surface area contributed by atoms with Crippen LogP contribution < -0.4 is 15.4 Å². The van der Waals surface area contributed by atoms with E-state index in [-0.39, 0.29) is 12.6 Å². The molecule has 0 unspecified atom stereocenters. The van der Waals surface area contributed by atoms with Crippen molar-refractivity contribution >= 4 is 11.7 Å². The number of nitrogens with one attached hydrogen (secondary N) is 2. The van der Waals surface area contributed by atoms with Gasteiger partial charge in [0, 0.05) is 12.2 Å². The van der Waals surface area contributed by atoms with Crippen LogP contribution in [0.5, 0.6) is 11.5 Å². The number of anilines is 1. The summed E-state index contributed by atoms with van der Waals surface area (Å²) in [6.45, 7) is 2.13. The van der Waals surface area contributed by atoms with Crippen molar-refractivity contribution in [1.82, 2.24) is 5.32 Å². The summed E-state index contributed by atoms with van der Waals surface area (Å²) in [4.78, 5) is 12.2. The lowest BCUT2D eigenvalue weighted by Gasteiger charge is -2.13. The molecule has 0 aliphatic rings. The summed E-state index contributed by atoms with van der Waals surface area (Å²) < 4.78 is 5.79. The van der Waals surface area contributed by atoms with Crippen LogP contribution in [0.3, 0.4) is 0 Å². The predicted octanol–water partition coefficient (Wildman–Crippen LogP) is 4.47. The lowest BCUT2D eigenvalue weighted by atomic mass is 10.1. The summed E-state index contributed by atoms with van der Waals surface area (Å²) in [6.07, 6.45) is 0. The number of carbonyl (C=O) groups excluding carboxylic acids is 1. The average molecular weight is 387 g/mol. The lowest BCUT2D eigenvalue weighted by Crippen LogP contribution is -2.28. The van der Waals surface area contributed by atoms with Crippen LogP contribution in [-0.4, -0.2) is 11.1 Å². The molecule has 0 heterocycles. The highest BCUT2D eigenvalue weighted by molar-refractivity contribution is 5.90. The van der Waals surface area contributed by atoms with E-state index in [2.05, 4.69) is 16.7 Å². The monoisotopic (exact) mass is 387 g/mol. The molecule has 6 nitrogen and oxygen atoms in total. The molecule has 3 aromatic rings. The lowest BCUT2D eigenvalue weighted by molar-refractivity contribution is 0.251. The second-order valence-corrected chi connectivity index (χ2v) is 6.45. The fourth-order valence-electron chi connectivity index (χ4n) is 2.80. The highest BCUT2D eigenvalue weighted by atomic mass is 16.5. The van der Waals surface area contributed by atoms with Gasteiger partial charge in [-0.3, -0.25) is 0 Å². The second-order valence-electron chi connectivity index (χ2n) is 6.45. The van der Waals surface area contributed by atoms with E-state index >= 15 is 0 Å².